The maximum atomic E-state index is 13.2. The lowest BCUT2D eigenvalue weighted by Crippen LogP contribution is -2.61. The Morgan fingerprint density at radius 3 is 2.86 bits per heavy atom. The molecule has 6 heterocycles. The number of aromatic nitrogens is 1. The topological polar surface area (TPSA) is 25.4 Å². The van der Waals surface area contributed by atoms with Gasteiger partial charge in [0.05, 0.1) is 0 Å². The van der Waals surface area contributed by atoms with Gasteiger partial charge in [-0.25, -0.2) is 4.98 Å². The number of nitrogens with zero attached hydrogens (tertiary/aromatic N) is 2. The van der Waals surface area contributed by atoms with Gasteiger partial charge in [0, 0.05) is 41.1 Å². The molecule has 2 bridgehead atoms. The molecule has 3 saturated heterocycles. The van der Waals surface area contributed by atoms with Crippen molar-refractivity contribution in [3.63, 3.8) is 0 Å². The molecular formula is C17H17FN2OS. The zero-order chi connectivity index (χ0) is 14.7. The molecule has 22 heavy (non-hydrogen) atoms. The average molecular weight is 316 g/mol. The largest absolute Gasteiger partial charge is 0.469 e. The molecule has 114 valence electrons. The van der Waals surface area contributed by atoms with E-state index in [4.69, 9.17) is 4.74 Å². The van der Waals surface area contributed by atoms with Crippen LogP contribution >= 0.6 is 11.3 Å². The molecule has 3 nitrogen and oxygen atoms in total. The standard InChI is InChI=1S/C17H17FN2OS/c18-15-2-1-14(22-15)12-7-11-8-17(21-16(11)19-9-12)10-20-5-3-13(17)4-6-20/h1-2,7,9,13H,3-6,8,10H2/t17-/m0/s1. The van der Waals surface area contributed by atoms with E-state index in [-0.39, 0.29) is 10.7 Å². The molecule has 3 fully saturated rings. The summed E-state index contributed by atoms with van der Waals surface area (Å²) in [7, 11) is 0. The summed E-state index contributed by atoms with van der Waals surface area (Å²) in [5.74, 6) is 1.43. The molecule has 6 rings (SSSR count). The highest BCUT2D eigenvalue weighted by Gasteiger charge is 2.52. The molecule has 0 radical (unpaired) electrons. The zero-order valence-electron chi connectivity index (χ0n) is 12.2. The van der Waals surface area contributed by atoms with Gasteiger partial charge < -0.3 is 4.74 Å². The molecule has 0 unspecified atom stereocenters. The van der Waals surface area contributed by atoms with Gasteiger partial charge >= 0.3 is 0 Å². The summed E-state index contributed by atoms with van der Waals surface area (Å²) in [6, 6.07) is 5.47. The normalized spacial score (nSPS) is 32.2. The molecule has 2 aromatic heterocycles. The number of hydrogen-bond donors (Lipinski definition) is 0. The molecule has 0 aromatic carbocycles. The van der Waals surface area contributed by atoms with E-state index in [1.807, 2.05) is 12.3 Å². The number of piperidine rings is 3. The van der Waals surface area contributed by atoms with Gasteiger partial charge in [-0.15, -0.1) is 11.3 Å². The highest BCUT2D eigenvalue weighted by Crippen LogP contribution is 2.46. The maximum Gasteiger partial charge on any atom is 0.217 e. The van der Waals surface area contributed by atoms with Gasteiger partial charge in [0.1, 0.15) is 5.60 Å². The van der Waals surface area contributed by atoms with E-state index in [9.17, 15) is 4.39 Å². The van der Waals surface area contributed by atoms with Gasteiger partial charge in [0.2, 0.25) is 5.88 Å². The average Bonchev–Trinajstić information content (AvgIpc) is 3.11. The Labute approximate surface area is 132 Å². The quantitative estimate of drug-likeness (QED) is 0.807. The monoisotopic (exact) mass is 316 g/mol. The summed E-state index contributed by atoms with van der Waals surface area (Å²) < 4.78 is 19.6. The van der Waals surface area contributed by atoms with Crippen LogP contribution in [0.4, 0.5) is 4.39 Å². The van der Waals surface area contributed by atoms with E-state index in [2.05, 4.69) is 16.0 Å². The summed E-state index contributed by atoms with van der Waals surface area (Å²) in [4.78, 5) is 7.97. The van der Waals surface area contributed by atoms with Crippen molar-refractivity contribution in [1.29, 1.82) is 0 Å². The van der Waals surface area contributed by atoms with E-state index in [0.29, 0.717) is 5.92 Å². The van der Waals surface area contributed by atoms with Crippen LogP contribution < -0.4 is 4.74 Å². The third-order valence-corrected chi connectivity index (χ3v) is 6.32. The van der Waals surface area contributed by atoms with Gasteiger partial charge in [-0.1, -0.05) is 0 Å². The van der Waals surface area contributed by atoms with Crippen LogP contribution in [0.1, 0.15) is 18.4 Å². The number of rotatable bonds is 1. The number of fused-ring (bicyclic) bond motifs is 3. The predicted octanol–water partition coefficient (Wildman–Crippen LogP) is 3.35. The molecule has 0 amide bonds. The van der Waals surface area contributed by atoms with E-state index in [1.54, 1.807) is 0 Å². The van der Waals surface area contributed by atoms with Crippen LogP contribution in [-0.2, 0) is 6.42 Å². The molecule has 4 aliphatic rings. The third-order valence-electron chi connectivity index (χ3n) is 5.40. The minimum atomic E-state index is -0.152. The lowest BCUT2D eigenvalue weighted by Gasteiger charge is -2.50. The minimum absolute atomic E-state index is 0.0643. The minimum Gasteiger partial charge on any atom is -0.469 e. The van der Waals surface area contributed by atoms with Gasteiger partial charge in [0.15, 0.2) is 5.13 Å². The number of pyridine rings is 1. The van der Waals surface area contributed by atoms with E-state index in [1.165, 1.54) is 48.9 Å². The molecular weight excluding hydrogens is 299 g/mol. The van der Waals surface area contributed by atoms with Crippen molar-refractivity contribution in [1.82, 2.24) is 9.88 Å². The van der Waals surface area contributed by atoms with E-state index >= 15 is 0 Å². The molecule has 4 aliphatic heterocycles. The fraction of sp³-hybridized carbons (Fsp3) is 0.471. The molecule has 0 aliphatic carbocycles. The van der Waals surface area contributed by atoms with Gasteiger partial charge in [-0.3, -0.25) is 4.90 Å². The first-order valence-corrected chi connectivity index (χ1v) is 8.70. The second-order valence-corrected chi connectivity index (χ2v) is 7.72. The van der Waals surface area contributed by atoms with E-state index < -0.39 is 0 Å². The van der Waals surface area contributed by atoms with Crippen molar-refractivity contribution >= 4 is 11.3 Å². The predicted molar refractivity (Wildman–Crippen MR) is 83.7 cm³/mol. The summed E-state index contributed by atoms with van der Waals surface area (Å²) in [6.07, 6.45) is 5.22. The van der Waals surface area contributed by atoms with Crippen LogP contribution in [0.3, 0.4) is 0 Å². The molecule has 0 saturated carbocycles. The Morgan fingerprint density at radius 1 is 1.32 bits per heavy atom. The van der Waals surface area contributed by atoms with Gasteiger partial charge in [-0.05, 0) is 44.1 Å². The number of ether oxygens (including phenoxy) is 1. The van der Waals surface area contributed by atoms with Crippen LogP contribution in [0.25, 0.3) is 10.4 Å². The van der Waals surface area contributed by atoms with Crippen molar-refractivity contribution in [2.75, 3.05) is 19.6 Å². The number of hydrogen-bond acceptors (Lipinski definition) is 4. The van der Waals surface area contributed by atoms with Crippen LogP contribution in [-0.4, -0.2) is 35.1 Å². The molecule has 5 heteroatoms. The number of thiophene rings is 1. The lowest BCUT2D eigenvalue weighted by molar-refractivity contribution is -0.0814. The fourth-order valence-electron chi connectivity index (χ4n) is 4.31. The molecule has 2 aromatic rings. The highest BCUT2D eigenvalue weighted by molar-refractivity contribution is 7.13. The summed E-state index contributed by atoms with van der Waals surface area (Å²) >= 11 is 1.17. The highest BCUT2D eigenvalue weighted by atomic mass is 32.1. The first-order chi connectivity index (χ1) is 10.7. The Balaban J connectivity index is 1.49. The molecule has 0 N–H and O–H groups in total. The van der Waals surface area contributed by atoms with Gasteiger partial charge in [0.25, 0.3) is 0 Å². The van der Waals surface area contributed by atoms with Crippen molar-refractivity contribution in [2.24, 2.45) is 5.92 Å². The lowest BCUT2D eigenvalue weighted by atomic mass is 9.73. The summed E-state index contributed by atoms with van der Waals surface area (Å²) in [5, 5.41) is -0.152. The number of halogens is 1. The van der Waals surface area contributed by atoms with Crippen LogP contribution in [0.2, 0.25) is 0 Å². The maximum absolute atomic E-state index is 13.2. The molecule has 1 spiro atoms. The fourth-order valence-corrected chi connectivity index (χ4v) is 5.02. The summed E-state index contributed by atoms with van der Waals surface area (Å²) in [5.41, 5.74) is 2.11. The second-order valence-electron chi connectivity index (χ2n) is 6.69. The third kappa shape index (κ3) is 1.85. The van der Waals surface area contributed by atoms with Crippen LogP contribution in [0.5, 0.6) is 5.88 Å². The SMILES string of the molecule is Fc1ccc(-c2cnc3c(c2)C[C@@]2(CN4CCC2CC4)O3)s1. The Morgan fingerprint density at radius 2 is 2.18 bits per heavy atom. The van der Waals surface area contributed by atoms with Crippen molar-refractivity contribution in [3.8, 4) is 16.3 Å². The van der Waals surface area contributed by atoms with Crippen molar-refractivity contribution in [3.05, 3.63) is 35.1 Å². The van der Waals surface area contributed by atoms with Crippen LogP contribution in [0.15, 0.2) is 24.4 Å². The van der Waals surface area contributed by atoms with Crippen molar-refractivity contribution in [2.45, 2.75) is 24.9 Å². The van der Waals surface area contributed by atoms with Crippen LogP contribution in [0, 0.1) is 11.0 Å². The van der Waals surface area contributed by atoms with E-state index in [0.717, 1.165) is 29.3 Å². The Bertz CT molecular complexity index is 738. The molecule has 1 atom stereocenters. The summed E-state index contributed by atoms with van der Waals surface area (Å²) in [6.45, 7) is 3.44. The first kappa shape index (κ1) is 13.0. The van der Waals surface area contributed by atoms with Crippen molar-refractivity contribution < 1.29 is 9.13 Å². The zero-order valence-corrected chi connectivity index (χ0v) is 13.0. The van der Waals surface area contributed by atoms with Gasteiger partial charge in [-0.2, -0.15) is 4.39 Å². The first-order valence-electron chi connectivity index (χ1n) is 7.88. The Kier molecular flexibility index (Phi) is 2.68. The second kappa shape index (κ2) is 4.52. The smallest absolute Gasteiger partial charge is 0.217 e. The Hall–Kier alpha value is -1.46.